The summed E-state index contributed by atoms with van der Waals surface area (Å²) in [5, 5.41) is 8.13. The van der Waals surface area contributed by atoms with E-state index < -0.39 is 0 Å². The predicted octanol–water partition coefficient (Wildman–Crippen LogP) is 2.77. The van der Waals surface area contributed by atoms with Crippen molar-refractivity contribution in [2.24, 2.45) is 5.92 Å². The van der Waals surface area contributed by atoms with E-state index in [1.165, 1.54) is 32.0 Å². The van der Waals surface area contributed by atoms with E-state index >= 15 is 0 Å². The minimum absolute atomic E-state index is 0.446. The summed E-state index contributed by atoms with van der Waals surface area (Å²) in [6.45, 7) is 2.30. The summed E-state index contributed by atoms with van der Waals surface area (Å²) in [4.78, 5) is 8.18. The standard InChI is InChI=1S/C12H16ClN5/c1-8-3-2-4-9(5-8)16-11-6-10(13)17-12-14-7-15-18(11)12/h6-9,16H,2-5H2,1H3. The third-order valence-electron chi connectivity index (χ3n) is 3.51. The van der Waals surface area contributed by atoms with E-state index in [0.717, 1.165) is 11.7 Å². The summed E-state index contributed by atoms with van der Waals surface area (Å²) in [5.74, 6) is 2.19. The summed E-state index contributed by atoms with van der Waals surface area (Å²) >= 11 is 5.99. The molecular weight excluding hydrogens is 250 g/mol. The molecule has 0 saturated heterocycles. The van der Waals surface area contributed by atoms with Gasteiger partial charge in [0.2, 0.25) is 0 Å². The summed E-state index contributed by atoms with van der Waals surface area (Å²) in [5.41, 5.74) is 0. The highest BCUT2D eigenvalue weighted by molar-refractivity contribution is 6.29. The zero-order valence-corrected chi connectivity index (χ0v) is 11.1. The molecule has 1 fully saturated rings. The molecule has 0 bridgehead atoms. The van der Waals surface area contributed by atoms with E-state index in [9.17, 15) is 0 Å². The third-order valence-corrected chi connectivity index (χ3v) is 3.70. The maximum atomic E-state index is 5.99. The molecule has 96 valence electrons. The fourth-order valence-corrected chi connectivity index (χ4v) is 2.84. The van der Waals surface area contributed by atoms with Crippen LogP contribution >= 0.6 is 11.6 Å². The lowest BCUT2D eigenvalue weighted by atomic mass is 9.87. The number of nitrogens with zero attached hydrogens (tertiary/aromatic N) is 4. The molecule has 2 atom stereocenters. The fraction of sp³-hybridized carbons (Fsp3) is 0.583. The quantitative estimate of drug-likeness (QED) is 0.849. The molecule has 0 spiro atoms. The Bertz CT molecular complexity index is 552. The Morgan fingerprint density at radius 3 is 3.17 bits per heavy atom. The molecule has 2 aromatic heterocycles. The van der Waals surface area contributed by atoms with Crippen molar-refractivity contribution in [3.63, 3.8) is 0 Å². The molecule has 18 heavy (non-hydrogen) atoms. The average molecular weight is 266 g/mol. The van der Waals surface area contributed by atoms with Gasteiger partial charge in [-0.25, -0.2) is 0 Å². The second-order valence-electron chi connectivity index (χ2n) is 5.05. The van der Waals surface area contributed by atoms with E-state index in [-0.39, 0.29) is 0 Å². The summed E-state index contributed by atoms with van der Waals surface area (Å²) in [6, 6.07) is 2.29. The Hall–Kier alpha value is -1.36. The maximum Gasteiger partial charge on any atom is 0.255 e. The fourth-order valence-electron chi connectivity index (χ4n) is 2.66. The SMILES string of the molecule is CC1CCCC(Nc2cc(Cl)nc3ncnn23)C1. The first-order valence-corrected chi connectivity index (χ1v) is 6.73. The van der Waals surface area contributed by atoms with E-state index in [1.54, 1.807) is 4.52 Å². The zero-order valence-electron chi connectivity index (χ0n) is 10.3. The van der Waals surface area contributed by atoms with Gasteiger partial charge in [0, 0.05) is 12.1 Å². The van der Waals surface area contributed by atoms with Crippen LogP contribution in [0, 0.1) is 5.92 Å². The van der Waals surface area contributed by atoms with Crippen LogP contribution in [0.2, 0.25) is 5.15 Å². The third kappa shape index (κ3) is 2.27. The van der Waals surface area contributed by atoms with Gasteiger partial charge in [0.15, 0.2) is 0 Å². The molecule has 0 radical (unpaired) electrons. The van der Waals surface area contributed by atoms with Gasteiger partial charge in [-0.15, -0.1) is 0 Å². The first-order valence-electron chi connectivity index (χ1n) is 6.35. The van der Waals surface area contributed by atoms with E-state index in [1.807, 2.05) is 6.07 Å². The van der Waals surface area contributed by atoms with Gasteiger partial charge in [-0.3, -0.25) is 0 Å². The smallest absolute Gasteiger partial charge is 0.255 e. The van der Waals surface area contributed by atoms with Crippen molar-refractivity contribution < 1.29 is 0 Å². The van der Waals surface area contributed by atoms with Crippen LogP contribution in [0.5, 0.6) is 0 Å². The van der Waals surface area contributed by atoms with Crippen LogP contribution in [0.25, 0.3) is 5.78 Å². The molecule has 0 aromatic carbocycles. The van der Waals surface area contributed by atoms with Gasteiger partial charge in [0.05, 0.1) is 0 Å². The molecule has 2 unspecified atom stereocenters. The molecule has 0 amide bonds. The number of halogens is 1. The Balaban J connectivity index is 1.87. The summed E-state index contributed by atoms with van der Waals surface area (Å²) in [6.07, 6.45) is 6.48. The Morgan fingerprint density at radius 2 is 2.33 bits per heavy atom. The summed E-state index contributed by atoms with van der Waals surface area (Å²) < 4.78 is 1.70. The topological polar surface area (TPSA) is 55.1 Å². The van der Waals surface area contributed by atoms with Crippen LogP contribution in [0.4, 0.5) is 5.82 Å². The van der Waals surface area contributed by atoms with E-state index in [2.05, 4.69) is 27.3 Å². The lowest BCUT2D eigenvalue weighted by Gasteiger charge is -2.28. The number of fused-ring (bicyclic) bond motifs is 1. The van der Waals surface area contributed by atoms with Gasteiger partial charge in [-0.1, -0.05) is 31.4 Å². The molecule has 1 aliphatic rings. The number of anilines is 1. The minimum atomic E-state index is 0.446. The molecule has 6 heteroatoms. The van der Waals surface area contributed by atoms with Gasteiger partial charge in [0.25, 0.3) is 5.78 Å². The Labute approximate surface area is 111 Å². The van der Waals surface area contributed by atoms with Gasteiger partial charge >= 0.3 is 0 Å². The first kappa shape index (κ1) is 11.7. The number of aromatic nitrogens is 4. The van der Waals surface area contributed by atoms with Crippen molar-refractivity contribution in [1.29, 1.82) is 0 Å². The van der Waals surface area contributed by atoms with Crippen LogP contribution in [0.1, 0.15) is 32.6 Å². The number of hydrogen-bond acceptors (Lipinski definition) is 4. The lowest BCUT2D eigenvalue weighted by Crippen LogP contribution is -2.27. The van der Waals surface area contributed by atoms with Crippen LogP contribution in [-0.4, -0.2) is 25.6 Å². The molecule has 5 nitrogen and oxygen atoms in total. The Kier molecular flexibility index (Phi) is 3.07. The van der Waals surface area contributed by atoms with Crippen LogP contribution in [0.15, 0.2) is 12.4 Å². The van der Waals surface area contributed by atoms with Crippen molar-refractivity contribution in [2.45, 2.75) is 38.6 Å². The van der Waals surface area contributed by atoms with Crippen molar-refractivity contribution in [3.8, 4) is 0 Å². The molecule has 1 saturated carbocycles. The normalized spacial score (nSPS) is 24.3. The molecule has 0 aliphatic heterocycles. The molecule has 3 rings (SSSR count). The highest BCUT2D eigenvalue weighted by atomic mass is 35.5. The molecule has 1 aliphatic carbocycles. The van der Waals surface area contributed by atoms with Crippen molar-refractivity contribution in [3.05, 3.63) is 17.5 Å². The molecule has 2 aromatic rings. The van der Waals surface area contributed by atoms with Gasteiger partial charge in [-0.05, 0) is 18.8 Å². The minimum Gasteiger partial charge on any atom is -0.367 e. The highest BCUT2D eigenvalue weighted by Crippen LogP contribution is 2.26. The van der Waals surface area contributed by atoms with Gasteiger partial charge in [0.1, 0.15) is 17.3 Å². The predicted molar refractivity (Wildman–Crippen MR) is 70.8 cm³/mol. The highest BCUT2D eigenvalue weighted by Gasteiger charge is 2.19. The average Bonchev–Trinajstić information content (AvgIpc) is 2.77. The molecular formula is C12H16ClN5. The molecule has 2 heterocycles. The lowest BCUT2D eigenvalue weighted by molar-refractivity contribution is 0.358. The van der Waals surface area contributed by atoms with E-state index in [0.29, 0.717) is 17.0 Å². The van der Waals surface area contributed by atoms with Gasteiger partial charge in [-0.2, -0.15) is 19.6 Å². The number of hydrogen-bond donors (Lipinski definition) is 1. The number of nitrogens with one attached hydrogen (secondary N) is 1. The van der Waals surface area contributed by atoms with Gasteiger partial charge < -0.3 is 5.32 Å². The molecule has 1 N–H and O–H groups in total. The van der Waals surface area contributed by atoms with Crippen LogP contribution < -0.4 is 5.32 Å². The second kappa shape index (κ2) is 4.72. The van der Waals surface area contributed by atoms with Crippen molar-refractivity contribution in [1.82, 2.24) is 19.6 Å². The monoisotopic (exact) mass is 265 g/mol. The largest absolute Gasteiger partial charge is 0.367 e. The van der Waals surface area contributed by atoms with Crippen molar-refractivity contribution in [2.75, 3.05) is 5.32 Å². The second-order valence-corrected chi connectivity index (χ2v) is 5.44. The van der Waals surface area contributed by atoms with E-state index in [4.69, 9.17) is 11.6 Å². The maximum absolute atomic E-state index is 5.99. The van der Waals surface area contributed by atoms with Crippen molar-refractivity contribution >= 4 is 23.2 Å². The van der Waals surface area contributed by atoms with Crippen LogP contribution in [0.3, 0.4) is 0 Å². The van der Waals surface area contributed by atoms with Crippen LogP contribution in [-0.2, 0) is 0 Å². The Morgan fingerprint density at radius 1 is 1.44 bits per heavy atom. The first-order chi connectivity index (χ1) is 8.72. The summed E-state index contributed by atoms with van der Waals surface area (Å²) in [7, 11) is 0. The zero-order chi connectivity index (χ0) is 12.5. The number of rotatable bonds is 2.